The van der Waals surface area contributed by atoms with Crippen LogP contribution in [0.25, 0.3) is 0 Å². The smallest absolute Gasteiger partial charge is 0.323 e. The fourth-order valence-corrected chi connectivity index (χ4v) is 2.17. The third kappa shape index (κ3) is 6.80. The fraction of sp³-hybridized carbons (Fsp3) is 0.800. The molecule has 1 unspecified atom stereocenters. The predicted molar refractivity (Wildman–Crippen MR) is 74.5 cm³/mol. The van der Waals surface area contributed by atoms with E-state index >= 15 is 0 Å². The summed E-state index contributed by atoms with van der Waals surface area (Å²) in [7, 11) is 0. The van der Waals surface area contributed by atoms with E-state index in [1.165, 1.54) is 32.1 Å². The zero-order chi connectivity index (χ0) is 13.1. The summed E-state index contributed by atoms with van der Waals surface area (Å²) in [5.41, 5.74) is 0. The highest BCUT2D eigenvalue weighted by molar-refractivity contribution is 5.76. The van der Waals surface area contributed by atoms with Crippen molar-refractivity contribution >= 4 is 5.97 Å². The van der Waals surface area contributed by atoms with E-state index < -0.39 is 0 Å². The molecular formula is C15H27NO2. The first-order valence-corrected chi connectivity index (χ1v) is 7.39. The van der Waals surface area contributed by atoms with E-state index in [9.17, 15) is 4.79 Å². The zero-order valence-electron chi connectivity index (χ0n) is 11.6. The van der Waals surface area contributed by atoms with Gasteiger partial charge in [0, 0.05) is 0 Å². The van der Waals surface area contributed by atoms with Gasteiger partial charge in [-0.2, -0.15) is 0 Å². The van der Waals surface area contributed by atoms with Gasteiger partial charge in [-0.3, -0.25) is 4.79 Å². The molecule has 1 fully saturated rings. The van der Waals surface area contributed by atoms with Gasteiger partial charge in [-0.25, -0.2) is 0 Å². The van der Waals surface area contributed by atoms with Gasteiger partial charge >= 0.3 is 5.97 Å². The van der Waals surface area contributed by atoms with Gasteiger partial charge in [0.05, 0.1) is 0 Å². The highest BCUT2D eigenvalue weighted by Crippen LogP contribution is 2.07. The second-order valence-electron chi connectivity index (χ2n) is 4.95. The molecule has 0 aliphatic carbocycles. The van der Waals surface area contributed by atoms with Crippen molar-refractivity contribution in [3.63, 3.8) is 0 Å². The largest absolute Gasteiger partial charge is 0.460 e. The summed E-state index contributed by atoms with van der Waals surface area (Å²) < 4.78 is 5.18. The Hall–Kier alpha value is -0.830. The van der Waals surface area contributed by atoms with Gasteiger partial charge in [0.15, 0.2) is 0 Å². The molecule has 0 saturated carbocycles. The number of hydrogen-bond donors (Lipinski definition) is 1. The maximum Gasteiger partial charge on any atom is 0.323 e. The molecule has 0 aromatic rings. The summed E-state index contributed by atoms with van der Waals surface area (Å²) in [4.78, 5) is 11.5. The third-order valence-corrected chi connectivity index (χ3v) is 3.31. The van der Waals surface area contributed by atoms with E-state index in [2.05, 4.69) is 18.3 Å². The predicted octanol–water partition coefficient (Wildman–Crippen LogP) is 3.20. The summed E-state index contributed by atoms with van der Waals surface area (Å²) in [5.74, 6) is -0.0971. The van der Waals surface area contributed by atoms with Crippen molar-refractivity contribution < 1.29 is 9.53 Å². The van der Waals surface area contributed by atoms with Gasteiger partial charge in [-0.15, -0.1) is 0 Å². The van der Waals surface area contributed by atoms with Crippen LogP contribution in [0.5, 0.6) is 0 Å². The molecule has 0 aromatic carbocycles. The highest BCUT2D eigenvalue weighted by Gasteiger charge is 2.22. The minimum Gasteiger partial charge on any atom is -0.460 e. The minimum atomic E-state index is -0.0971. The summed E-state index contributed by atoms with van der Waals surface area (Å²) in [6.07, 6.45) is 13.7. The van der Waals surface area contributed by atoms with Crippen LogP contribution in [0, 0.1) is 0 Å². The normalized spacial score (nSPS) is 19.5. The molecular weight excluding hydrogens is 226 g/mol. The van der Waals surface area contributed by atoms with Crippen molar-refractivity contribution in [2.24, 2.45) is 0 Å². The Balaban J connectivity index is 1.91. The molecule has 1 aliphatic heterocycles. The van der Waals surface area contributed by atoms with Crippen LogP contribution < -0.4 is 5.32 Å². The first-order chi connectivity index (χ1) is 8.84. The van der Waals surface area contributed by atoms with E-state index in [-0.39, 0.29) is 12.0 Å². The molecule has 0 radical (unpaired) electrons. The maximum atomic E-state index is 11.5. The third-order valence-electron chi connectivity index (χ3n) is 3.31. The van der Waals surface area contributed by atoms with Crippen LogP contribution >= 0.6 is 0 Å². The number of unbranched alkanes of at least 4 members (excludes halogenated alkanes) is 5. The van der Waals surface area contributed by atoms with Gasteiger partial charge in [0.25, 0.3) is 0 Å². The molecule has 0 bridgehead atoms. The second-order valence-corrected chi connectivity index (χ2v) is 4.95. The number of nitrogens with one attached hydrogen (secondary N) is 1. The molecule has 3 nitrogen and oxygen atoms in total. The van der Waals surface area contributed by atoms with E-state index in [0.717, 1.165) is 25.8 Å². The van der Waals surface area contributed by atoms with Crippen molar-refractivity contribution in [1.82, 2.24) is 5.32 Å². The molecule has 18 heavy (non-hydrogen) atoms. The number of hydrogen-bond acceptors (Lipinski definition) is 3. The lowest BCUT2D eigenvalue weighted by Gasteiger charge is -2.08. The maximum absolute atomic E-state index is 11.5. The van der Waals surface area contributed by atoms with Gasteiger partial charge in [-0.05, 0) is 32.2 Å². The van der Waals surface area contributed by atoms with Crippen LogP contribution in [0.4, 0.5) is 0 Å². The number of rotatable bonds is 9. The molecule has 1 aliphatic rings. The zero-order valence-corrected chi connectivity index (χ0v) is 11.6. The standard InChI is InChI=1S/C15H27NO2/c1-2-3-4-5-6-7-8-9-13-18-15(17)14-11-10-12-16-14/h8-9,14,16H,2-7,10-13H2,1H3/b9-8+. The Kier molecular flexibility index (Phi) is 8.57. The number of carbonyl (C=O) groups is 1. The monoisotopic (exact) mass is 253 g/mol. The molecule has 1 heterocycles. The van der Waals surface area contributed by atoms with Crippen molar-refractivity contribution in [1.29, 1.82) is 0 Å². The lowest BCUT2D eigenvalue weighted by Crippen LogP contribution is -2.32. The Morgan fingerprint density at radius 3 is 2.83 bits per heavy atom. The molecule has 1 N–H and O–H groups in total. The Morgan fingerprint density at radius 2 is 2.11 bits per heavy atom. The van der Waals surface area contributed by atoms with Crippen molar-refractivity contribution in [3.8, 4) is 0 Å². The first kappa shape index (κ1) is 15.2. The summed E-state index contributed by atoms with van der Waals surface area (Å²) in [6, 6.07) is -0.0626. The molecule has 0 spiro atoms. The van der Waals surface area contributed by atoms with Crippen molar-refractivity contribution in [3.05, 3.63) is 12.2 Å². The van der Waals surface area contributed by atoms with Gasteiger partial charge in [-0.1, -0.05) is 44.8 Å². The number of ether oxygens (including phenoxy) is 1. The average molecular weight is 253 g/mol. The fourth-order valence-electron chi connectivity index (χ4n) is 2.17. The molecule has 1 rings (SSSR count). The average Bonchev–Trinajstić information content (AvgIpc) is 2.90. The molecule has 1 saturated heterocycles. The molecule has 0 aromatic heterocycles. The number of carbonyl (C=O) groups excluding carboxylic acids is 1. The van der Waals surface area contributed by atoms with Crippen LogP contribution in [0.2, 0.25) is 0 Å². The van der Waals surface area contributed by atoms with Gasteiger partial charge in [0.2, 0.25) is 0 Å². The van der Waals surface area contributed by atoms with Crippen LogP contribution in [0.15, 0.2) is 12.2 Å². The van der Waals surface area contributed by atoms with Crippen LogP contribution in [0.1, 0.15) is 58.3 Å². The van der Waals surface area contributed by atoms with E-state index in [4.69, 9.17) is 4.74 Å². The molecule has 0 amide bonds. The van der Waals surface area contributed by atoms with E-state index in [0.29, 0.717) is 6.61 Å². The molecule has 104 valence electrons. The van der Waals surface area contributed by atoms with Gasteiger partial charge < -0.3 is 10.1 Å². The summed E-state index contributed by atoms with van der Waals surface area (Å²) in [5, 5.41) is 3.14. The lowest BCUT2D eigenvalue weighted by atomic mass is 10.1. The quantitative estimate of drug-likeness (QED) is 0.389. The Labute approximate surface area is 111 Å². The first-order valence-electron chi connectivity index (χ1n) is 7.39. The summed E-state index contributed by atoms with van der Waals surface area (Å²) >= 11 is 0. The summed E-state index contributed by atoms with van der Waals surface area (Å²) in [6.45, 7) is 3.59. The Bertz CT molecular complexity index is 245. The number of esters is 1. The Morgan fingerprint density at radius 1 is 1.28 bits per heavy atom. The molecule has 1 atom stereocenters. The second kappa shape index (κ2) is 10.1. The highest BCUT2D eigenvalue weighted by atomic mass is 16.5. The SMILES string of the molecule is CCCCCCC/C=C/COC(=O)C1CCCN1. The minimum absolute atomic E-state index is 0.0626. The van der Waals surface area contributed by atoms with Crippen molar-refractivity contribution in [2.75, 3.05) is 13.2 Å². The van der Waals surface area contributed by atoms with Gasteiger partial charge in [0.1, 0.15) is 12.6 Å². The lowest BCUT2D eigenvalue weighted by molar-refractivity contribution is -0.144. The van der Waals surface area contributed by atoms with Crippen LogP contribution in [0.3, 0.4) is 0 Å². The van der Waals surface area contributed by atoms with Crippen LogP contribution in [-0.4, -0.2) is 25.2 Å². The van der Waals surface area contributed by atoms with Crippen LogP contribution in [-0.2, 0) is 9.53 Å². The van der Waals surface area contributed by atoms with E-state index in [1.54, 1.807) is 0 Å². The van der Waals surface area contributed by atoms with Crippen molar-refractivity contribution in [2.45, 2.75) is 64.3 Å². The number of allylic oxidation sites excluding steroid dienone is 1. The molecule has 3 heteroatoms. The van der Waals surface area contributed by atoms with E-state index in [1.807, 2.05) is 6.08 Å². The topological polar surface area (TPSA) is 38.3 Å².